The molecule has 8 aromatic rings. The average molecular weight is 798 g/mol. The fraction of sp³-hybridized carbons (Fsp3) is 0.184. The molecule has 0 saturated carbocycles. The van der Waals surface area contributed by atoms with E-state index in [4.69, 9.17) is 9.47 Å². The first-order valence-corrected chi connectivity index (χ1v) is 20.1. The van der Waals surface area contributed by atoms with Crippen molar-refractivity contribution in [2.45, 2.75) is 19.5 Å². The highest BCUT2D eigenvalue weighted by Gasteiger charge is 2.21. The summed E-state index contributed by atoms with van der Waals surface area (Å²) in [5.74, 6) is 1.17. The highest BCUT2D eigenvalue weighted by Crippen LogP contribution is 2.27. The van der Waals surface area contributed by atoms with Gasteiger partial charge in [-0.3, -0.25) is 19.6 Å². The van der Waals surface area contributed by atoms with Crippen LogP contribution in [-0.4, -0.2) is 81.9 Å². The quantitative estimate of drug-likeness (QED) is 0.0787. The Balaban J connectivity index is 0.972. The molecule has 0 atom stereocenters. The third kappa shape index (κ3) is 9.38. The van der Waals surface area contributed by atoms with Gasteiger partial charge in [0.1, 0.15) is 29.5 Å². The highest BCUT2D eigenvalue weighted by atomic mass is 16.5. The van der Waals surface area contributed by atoms with Gasteiger partial charge in [-0.2, -0.15) is 0 Å². The maximum Gasteiger partial charge on any atom is 0.270 e. The maximum atomic E-state index is 14.2. The number of methoxy groups -OCH3 is 1. The molecule has 0 saturated heterocycles. The first-order valence-electron chi connectivity index (χ1n) is 20.1. The molecule has 0 spiro atoms. The van der Waals surface area contributed by atoms with Crippen LogP contribution in [0.25, 0.3) is 44.1 Å². The second-order valence-electron chi connectivity index (χ2n) is 14.7. The van der Waals surface area contributed by atoms with E-state index >= 15 is 0 Å². The third-order valence-corrected chi connectivity index (χ3v) is 10.6. The Labute approximate surface area is 349 Å². The first kappa shape index (κ1) is 39.6. The molecule has 3 N–H and O–H groups in total. The van der Waals surface area contributed by atoms with E-state index < -0.39 is 0 Å². The first-order chi connectivity index (χ1) is 29.4. The van der Waals surface area contributed by atoms with Crippen molar-refractivity contribution in [2.24, 2.45) is 0 Å². The van der Waals surface area contributed by atoms with Gasteiger partial charge in [-0.15, -0.1) is 0 Å². The molecule has 2 amide bonds. The number of pyridine rings is 2. The molecular formula is C49H47N7O4. The van der Waals surface area contributed by atoms with Crippen LogP contribution in [0.3, 0.4) is 0 Å². The summed E-state index contributed by atoms with van der Waals surface area (Å²) >= 11 is 0. The molecule has 8 rings (SSSR count). The summed E-state index contributed by atoms with van der Waals surface area (Å²) in [6.07, 6.45) is 7.89. The van der Waals surface area contributed by atoms with Gasteiger partial charge in [0.2, 0.25) is 0 Å². The topological polar surface area (TPSA) is 128 Å². The Morgan fingerprint density at radius 3 is 1.65 bits per heavy atom. The Hall–Kier alpha value is -7.24. The monoisotopic (exact) mass is 797 g/mol. The van der Waals surface area contributed by atoms with Crippen molar-refractivity contribution < 1.29 is 19.1 Å². The van der Waals surface area contributed by atoms with E-state index in [1.54, 1.807) is 36.8 Å². The van der Waals surface area contributed by atoms with Crippen LogP contribution in [0.4, 0.5) is 0 Å². The van der Waals surface area contributed by atoms with Crippen molar-refractivity contribution in [3.05, 3.63) is 169 Å². The van der Waals surface area contributed by atoms with Crippen molar-refractivity contribution in [1.29, 1.82) is 0 Å². The van der Waals surface area contributed by atoms with E-state index in [1.807, 2.05) is 109 Å². The zero-order valence-corrected chi connectivity index (χ0v) is 33.7. The van der Waals surface area contributed by atoms with E-state index in [2.05, 4.69) is 49.5 Å². The largest absolute Gasteiger partial charge is 0.497 e. The Bertz CT molecular complexity index is 2710. The van der Waals surface area contributed by atoms with Gasteiger partial charge in [-0.25, -0.2) is 0 Å². The van der Waals surface area contributed by atoms with E-state index in [0.29, 0.717) is 43.3 Å². The summed E-state index contributed by atoms with van der Waals surface area (Å²) in [6.45, 7) is 2.71. The predicted octanol–water partition coefficient (Wildman–Crippen LogP) is 8.76. The van der Waals surface area contributed by atoms with E-state index in [0.717, 1.165) is 73.9 Å². The van der Waals surface area contributed by atoms with Crippen molar-refractivity contribution in [3.63, 3.8) is 0 Å². The van der Waals surface area contributed by atoms with Crippen LogP contribution in [-0.2, 0) is 13.1 Å². The number of ether oxygens (including phenoxy) is 2. The van der Waals surface area contributed by atoms with Crippen LogP contribution in [0.5, 0.6) is 11.5 Å². The normalized spacial score (nSPS) is 11.2. The minimum atomic E-state index is -0.141. The predicted molar refractivity (Wildman–Crippen MR) is 236 cm³/mol. The Kier molecular flexibility index (Phi) is 12.2. The summed E-state index contributed by atoms with van der Waals surface area (Å²) in [4.78, 5) is 47.0. The van der Waals surface area contributed by atoms with Gasteiger partial charge >= 0.3 is 0 Å². The molecule has 0 aliphatic rings. The van der Waals surface area contributed by atoms with Crippen molar-refractivity contribution in [1.82, 2.24) is 35.1 Å². The summed E-state index contributed by atoms with van der Waals surface area (Å²) < 4.78 is 11.8. The van der Waals surface area contributed by atoms with Gasteiger partial charge in [0.05, 0.1) is 13.7 Å². The minimum Gasteiger partial charge on any atom is -0.497 e. The van der Waals surface area contributed by atoms with Crippen LogP contribution in [0.15, 0.2) is 146 Å². The SMILES string of the molecule is CNCCCN(Cc1cccc(OCCN(Cc2cccc(OC)c2)C(=O)c2cc3ccc(-c4ccncc4)cc3[nH]2)c1)C(=O)c1cc2ccc(-c3ccncc3)cc2[nH]1. The molecule has 302 valence electrons. The average Bonchev–Trinajstić information content (AvgIpc) is 3.93. The van der Waals surface area contributed by atoms with Gasteiger partial charge in [0.25, 0.3) is 11.8 Å². The van der Waals surface area contributed by atoms with E-state index in [-0.39, 0.29) is 18.4 Å². The lowest BCUT2D eigenvalue weighted by molar-refractivity contribution is 0.0710. The minimum absolute atomic E-state index is 0.0728. The van der Waals surface area contributed by atoms with Crippen LogP contribution in [0.1, 0.15) is 38.5 Å². The lowest BCUT2D eigenvalue weighted by Crippen LogP contribution is -2.34. The number of carbonyl (C=O) groups excluding carboxylic acids is 2. The van der Waals surface area contributed by atoms with Crippen LogP contribution >= 0.6 is 0 Å². The number of amides is 2. The lowest BCUT2D eigenvalue weighted by atomic mass is 10.1. The molecule has 4 aromatic heterocycles. The standard InChI is InChI=1S/C49H47N7O4/c1-50-18-5-23-55(48(57)46-30-40-12-10-38(28-44(40)53-46)36-14-19-51-20-15-36)32-35-7-4-9-43(27-35)60-25-24-56(33-34-6-3-8-42(26-34)59-2)49(58)47-31-41-13-11-39(29-45(41)54-47)37-16-21-52-22-17-37/h3-4,6-17,19-22,26-31,50,53-54H,5,18,23-25,32-33H2,1-2H3. The van der Waals surface area contributed by atoms with Crippen molar-refractivity contribution >= 4 is 33.6 Å². The van der Waals surface area contributed by atoms with Gasteiger partial charge in [0.15, 0.2) is 0 Å². The number of H-pyrrole nitrogens is 2. The molecule has 60 heavy (non-hydrogen) atoms. The zero-order chi connectivity index (χ0) is 41.3. The summed E-state index contributed by atoms with van der Waals surface area (Å²) in [6, 6.07) is 39.6. The number of hydrogen-bond donors (Lipinski definition) is 3. The number of nitrogens with zero attached hydrogens (tertiary/aromatic N) is 4. The maximum absolute atomic E-state index is 14.2. The summed E-state index contributed by atoms with van der Waals surface area (Å²) in [5, 5.41) is 5.12. The van der Waals surface area contributed by atoms with Gasteiger partial charge in [-0.05, 0) is 126 Å². The molecule has 0 aliphatic heterocycles. The smallest absolute Gasteiger partial charge is 0.270 e. The molecule has 0 unspecified atom stereocenters. The number of hydrogen-bond acceptors (Lipinski definition) is 7. The Morgan fingerprint density at radius 1 is 0.600 bits per heavy atom. The molecule has 11 nitrogen and oxygen atoms in total. The summed E-state index contributed by atoms with van der Waals surface area (Å²) in [5.41, 5.74) is 8.89. The second-order valence-corrected chi connectivity index (χ2v) is 14.7. The number of fused-ring (bicyclic) bond motifs is 2. The molecule has 11 heteroatoms. The zero-order valence-electron chi connectivity index (χ0n) is 33.7. The van der Waals surface area contributed by atoms with Gasteiger partial charge < -0.3 is 34.6 Å². The number of aromatic nitrogens is 4. The third-order valence-electron chi connectivity index (χ3n) is 10.6. The van der Waals surface area contributed by atoms with Gasteiger partial charge in [-0.1, -0.05) is 48.5 Å². The second kappa shape index (κ2) is 18.6. The number of aromatic amines is 2. The molecule has 4 heterocycles. The molecule has 4 aromatic carbocycles. The fourth-order valence-corrected chi connectivity index (χ4v) is 7.44. The fourth-order valence-electron chi connectivity index (χ4n) is 7.44. The number of benzene rings is 4. The number of rotatable bonds is 17. The molecule has 0 bridgehead atoms. The molecule has 0 aliphatic carbocycles. The Morgan fingerprint density at radius 2 is 1.12 bits per heavy atom. The molecule has 0 fully saturated rings. The van der Waals surface area contributed by atoms with Crippen molar-refractivity contribution in [3.8, 4) is 33.8 Å². The van der Waals surface area contributed by atoms with Crippen LogP contribution < -0.4 is 14.8 Å². The molecule has 0 radical (unpaired) electrons. The van der Waals surface area contributed by atoms with Crippen molar-refractivity contribution in [2.75, 3.05) is 40.4 Å². The van der Waals surface area contributed by atoms with Crippen LogP contribution in [0, 0.1) is 0 Å². The molecular weight excluding hydrogens is 751 g/mol. The lowest BCUT2D eigenvalue weighted by Gasteiger charge is -2.24. The van der Waals surface area contributed by atoms with Crippen LogP contribution in [0.2, 0.25) is 0 Å². The summed E-state index contributed by atoms with van der Waals surface area (Å²) in [7, 11) is 3.55. The number of carbonyl (C=O) groups is 2. The van der Waals surface area contributed by atoms with E-state index in [1.165, 1.54) is 0 Å². The highest BCUT2D eigenvalue weighted by molar-refractivity contribution is 6.00. The van der Waals surface area contributed by atoms with Gasteiger partial charge in [0, 0.05) is 66.2 Å². The number of nitrogens with one attached hydrogen (secondary N) is 3. The van der Waals surface area contributed by atoms with E-state index in [9.17, 15) is 9.59 Å².